The molecule has 1 aliphatic rings. The summed E-state index contributed by atoms with van der Waals surface area (Å²) in [4.78, 5) is 11.1. The van der Waals surface area contributed by atoms with Gasteiger partial charge in [-0.2, -0.15) is 0 Å². The van der Waals surface area contributed by atoms with E-state index in [1.54, 1.807) is 0 Å². The SMILES string of the molecule is CC[N+](C)(C)CC1(C)COC(=O)N1Cl.[Cl-]. The Labute approximate surface area is 102 Å². The minimum absolute atomic E-state index is 0. The van der Waals surface area contributed by atoms with Gasteiger partial charge in [0.2, 0.25) is 0 Å². The molecule has 0 saturated carbocycles. The number of amides is 1. The molecule has 1 aliphatic heterocycles. The maximum atomic E-state index is 11.1. The fourth-order valence-corrected chi connectivity index (χ4v) is 1.84. The number of hydrogen-bond donors (Lipinski definition) is 0. The summed E-state index contributed by atoms with van der Waals surface area (Å²) >= 11 is 5.88. The van der Waals surface area contributed by atoms with Crippen LogP contribution in [0.15, 0.2) is 0 Å². The maximum absolute atomic E-state index is 11.1. The summed E-state index contributed by atoms with van der Waals surface area (Å²) in [7, 11) is 4.22. The molecule has 0 aromatic rings. The minimum atomic E-state index is -0.440. The fourth-order valence-electron chi connectivity index (χ4n) is 1.69. The van der Waals surface area contributed by atoms with Crippen LogP contribution in [0.4, 0.5) is 4.79 Å². The molecule has 0 N–H and O–H groups in total. The van der Waals surface area contributed by atoms with Gasteiger partial charge in [0.1, 0.15) is 18.7 Å². The van der Waals surface area contributed by atoms with E-state index >= 15 is 0 Å². The molecule has 1 saturated heterocycles. The smallest absolute Gasteiger partial charge is 0.425 e. The van der Waals surface area contributed by atoms with Gasteiger partial charge in [0, 0.05) is 11.8 Å². The van der Waals surface area contributed by atoms with Crippen LogP contribution in [0.3, 0.4) is 0 Å². The molecule has 0 radical (unpaired) electrons. The first kappa shape index (κ1) is 14.8. The number of cyclic esters (lactones) is 1. The Kier molecular flexibility index (Phi) is 4.70. The van der Waals surface area contributed by atoms with Gasteiger partial charge in [0.25, 0.3) is 0 Å². The van der Waals surface area contributed by atoms with Crippen LogP contribution in [0.25, 0.3) is 0 Å². The zero-order chi connectivity index (χ0) is 11.0. The molecule has 0 aromatic heterocycles. The van der Waals surface area contributed by atoms with Crippen molar-refractivity contribution >= 4 is 17.9 Å². The summed E-state index contributed by atoms with van der Waals surface area (Å²) in [5.41, 5.74) is -0.391. The largest absolute Gasteiger partial charge is 1.00 e. The Morgan fingerprint density at radius 3 is 2.47 bits per heavy atom. The van der Waals surface area contributed by atoms with E-state index in [4.69, 9.17) is 16.5 Å². The second-order valence-corrected chi connectivity index (χ2v) is 5.08. The molecule has 0 bridgehead atoms. The first-order valence-electron chi connectivity index (χ1n) is 4.75. The fraction of sp³-hybridized carbons (Fsp3) is 0.889. The summed E-state index contributed by atoms with van der Waals surface area (Å²) in [6, 6.07) is 0. The van der Waals surface area contributed by atoms with Gasteiger partial charge in [-0.15, -0.1) is 0 Å². The number of carbonyl (C=O) groups excluding carboxylic acids is 1. The van der Waals surface area contributed by atoms with E-state index < -0.39 is 11.6 Å². The van der Waals surface area contributed by atoms with Gasteiger partial charge < -0.3 is 21.6 Å². The van der Waals surface area contributed by atoms with Crippen molar-refractivity contribution in [3.8, 4) is 0 Å². The molecule has 1 fully saturated rings. The summed E-state index contributed by atoms with van der Waals surface area (Å²) < 4.78 is 6.92. The monoisotopic (exact) mass is 256 g/mol. The molecule has 1 unspecified atom stereocenters. The molecule has 0 spiro atoms. The highest BCUT2D eigenvalue weighted by Crippen LogP contribution is 2.28. The molecule has 1 amide bonds. The lowest BCUT2D eigenvalue weighted by Crippen LogP contribution is -3.00. The van der Waals surface area contributed by atoms with Crippen LogP contribution in [0.5, 0.6) is 0 Å². The van der Waals surface area contributed by atoms with E-state index in [0.29, 0.717) is 6.61 Å². The normalized spacial score (nSPS) is 26.2. The molecule has 1 rings (SSSR count). The number of ether oxygens (including phenoxy) is 1. The van der Waals surface area contributed by atoms with E-state index in [1.165, 1.54) is 4.42 Å². The summed E-state index contributed by atoms with van der Waals surface area (Å²) in [5, 5.41) is 0. The summed E-state index contributed by atoms with van der Waals surface area (Å²) in [6.07, 6.45) is -0.440. The Hall–Kier alpha value is -0.190. The molecular formula is C9H18Cl2N2O2. The zero-order valence-corrected chi connectivity index (χ0v) is 11.1. The molecule has 6 heteroatoms. The highest BCUT2D eigenvalue weighted by molar-refractivity contribution is 6.21. The van der Waals surface area contributed by atoms with Crippen LogP contribution >= 0.6 is 11.8 Å². The molecule has 1 atom stereocenters. The Bertz CT molecular complexity index is 248. The third kappa shape index (κ3) is 3.13. The Balaban J connectivity index is 0.00000196. The van der Waals surface area contributed by atoms with Crippen molar-refractivity contribution in [3.05, 3.63) is 0 Å². The topological polar surface area (TPSA) is 29.5 Å². The lowest BCUT2D eigenvalue weighted by Gasteiger charge is -2.36. The molecule has 15 heavy (non-hydrogen) atoms. The van der Waals surface area contributed by atoms with Gasteiger partial charge in [-0.25, -0.2) is 9.21 Å². The highest BCUT2D eigenvalue weighted by Gasteiger charge is 2.47. The van der Waals surface area contributed by atoms with Crippen LogP contribution in [0.2, 0.25) is 0 Å². The zero-order valence-electron chi connectivity index (χ0n) is 9.59. The van der Waals surface area contributed by atoms with E-state index in [-0.39, 0.29) is 12.4 Å². The predicted octanol–water partition coefficient (Wildman–Crippen LogP) is -1.55. The second kappa shape index (κ2) is 4.76. The molecule has 90 valence electrons. The Morgan fingerprint density at radius 2 is 2.13 bits per heavy atom. The van der Waals surface area contributed by atoms with Crippen molar-refractivity contribution < 1.29 is 26.4 Å². The van der Waals surface area contributed by atoms with Gasteiger partial charge in [-0.3, -0.25) is 0 Å². The van der Waals surface area contributed by atoms with Crippen molar-refractivity contribution in [3.63, 3.8) is 0 Å². The number of likely N-dealkylation sites (N-methyl/N-ethyl adjacent to an activating group) is 1. The van der Waals surface area contributed by atoms with E-state index in [1.807, 2.05) is 6.92 Å². The quantitative estimate of drug-likeness (QED) is 0.452. The average Bonchev–Trinajstić information content (AvgIpc) is 2.33. The van der Waals surface area contributed by atoms with Crippen LogP contribution < -0.4 is 12.4 Å². The van der Waals surface area contributed by atoms with Crippen molar-refractivity contribution in [2.75, 3.05) is 33.8 Å². The van der Waals surface area contributed by atoms with Gasteiger partial charge in [0.15, 0.2) is 0 Å². The maximum Gasteiger partial charge on any atom is 0.425 e. The number of hydrogen-bond acceptors (Lipinski definition) is 2. The molecule has 1 heterocycles. The van der Waals surface area contributed by atoms with Gasteiger partial charge >= 0.3 is 6.09 Å². The van der Waals surface area contributed by atoms with E-state index in [9.17, 15) is 4.79 Å². The number of quaternary nitrogens is 1. The predicted molar refractivity (Wildman–Crippen MR) is 55.0 cm³/mol. The van der Waals surface area contributed by atoms with Gasteiger partial charge in [0.05, 0.1) is 20.6 Å². The van der Waals surface area contributed by atoms with Gasteiger partial charge in [-0.1, -0.05) is 0 Å². The number of rotatable bonds is 3. The highest BCUT2D eigenvalue weighted by atomic mass is 35.5. The lowest BCUT2D eigenvalue weighted by molar-refractivity contribution is -0.892. The number of nitrogens with zero attached hydrogens (tertiary/aromatic N) is 2. The van der Waals surface area contributed by atoms with Crippen LogP contribution in [0, 0.1) is 0 Å². The minimum Gasteiger partial charge on any atom is -1.00 e. The van der Waals surface area contributed by atoms with E-state index in [2.05, 4.69) is 21.0 Å². The molecule has 0 aliphatic carbocycles. The molecule has 0 aromatic carbocycles. The van der Waals surface area contributed by atoms with Gasteiger partial charge in [-0.05, 0) is 13.8 Å². The van der Waals surface area contributed by atoms with Crippen LogP contribution in [0.1, 0.15) is 13.8 Å². The van der Waals surface area contributed by atoms with Crippen LogP contribution in [-0.2, 0) is 4.74 Å². The van der Waals surface area contributed by atoms with Crippen molar-refractivity contribution in [2.45, 2.75) is 19.4 Å². The lowest BCUT2D eigenvalue weighted by atomic mass is 10.0. The second-order valence-electron chi connectivity index (χ2n) is 4.74. The number of halogens is 2. The molecule has 4 nitrogen and oxygen atoms in total. The first-order chi connectivity index (χ1) is 6.31. The summed E-state index contributed by atoms with van der Waals surface area (Å²) in [6.45, 7) is 6.21. The van der Waals surface area contributed by atoms with E-state index in [0.717, 1.165) is 17.6 Å². The third-order valence-electron chi connectivity index (χ3n) is 2.77. The first-order valence-corrected chi connectivity index (χ1v) is 5.09. The van der Waals surface area contributed by atoms with Crippen molar-refractivity contribution in [2.24, 2.45) is 0 Å². The molecular weight excluding hydrogens is 239 g/mol. The third-order valence-corrected chi connectivity index (χ3v) is 3.31. The summed E-state index contributed by atoms with van der Waals surface area (Å²) in [5.74, 6) is 0. The average molecular weight is 257 g/mol. The van der Waals surface area contributed by atoms with Crippen molar-refractivity contribution in [1.29, 1.82) is 0 Å². The number of carbonyl (C=O) groups is 1. The standard InChI is InChI=1S/C9H18ClN2O2.ClH/c1-5-12(3,4)6-9(2)7-14-8(13)11(9)10;/h5-7H2,1-4H3;1H/q+1;/p-1. The van der Waals surface area contributed by atoms with Crippen molar-refractivity contribution in [1.82, 2.24) is 4.42 Å². The van der Waals surface area contributed by atoms with Crippen LogP contribution in [-0.4, -0.2) is 54.3 Å². The Morgan fingerprint density at radius 1 is 1.60 bits per heavy atom.